The molecule has 0 atom stereocenters. The molecule has 0 unspecified atom stereocenters. The van der Waals surface area contributed by atoms with Crippen molar-refractivity contribution >= 4 is 23.4 Å². The van der Waals surface area contributed by atoms with E-state index >= 15 is 0 Å². The zero-order valence-electron chi connectivity index (χ0n) is 20.0. The number of imidazole rings is 1. The van der Waals surface area contributed by atoms with Crippen LogP contribution in [0.4, 0.5) is 0 Å². The molecule has 5 nitrogen and oxygen atoms in total. The maximum atomic E-state index is 6.62. The number of halogens is 1. The zero-order valence-corrected chi connectivity index (χ0v) is 21.6. The molecule has 176 valence electrons. The highest BCUT2D eigenvalue weighted by Gasteiger charge is 2.32. The summed E-state index contributed by atoms with van der Waals surface area (Å²) in [6, 6.07) is 24.9. The van der Waals surface area contributed by atoms with E-state index < -0.39 is 5.41 Å². The third kappa shape index (κ3) is 4.51. The highest BCUT2D eigenvalue weighted by Crippen LogP contribution is 2.38. The van der Waals surface area contributed by atoms with Gasteiger partial charge in [-0.2, -0.15) is 4.98 Å². The first-order chi connectivity index (χ1) is 16.9. The van der Waals surface area contributed by atoms with E-state index in [-0.39, 0.29) is 0 Å². The van der Waals surface area contributed by atoms with Gasteiger partial charge in [0.1, 0.15) is 11.5 Å². The first kappa shape index (κ1) is 23.4. The molecule has 0 spiro atoms. The van der Waals surface area contributed by atoms with Gasteiger partial charge in [-0.1, -0.05) is 59.2 Å². The first-order valence-corrected chi connectivity index (χ1v) is 12.9. The lowest BCUT2D eigenvalue weighted by Crippen LogP contribution is -2.24. The Kier molecular flexibility index (Phi) is 6.26. The summed E-state index contributed by atoms with van der Waals surface area (Å²) in [5, 5.41) is 4.64. The van der Waals surface area contributed by atoms with Gasteiger partial charge in [0.05, 0.1) is 0 Å². The second kappa shape index (κ2) is 9.36. The van der Waals surface area contributed by atoms with Gasteiger partial charge in [0.2, 0.25) is 0 Å². The van der Waals surface area contributed by atoms with E-state index in [1.54, 1.807) is 18.7 Å². The molecule has 7 heteroatoms. The van der Waals surface area contributed by atoms with Gasteiger partial charge in [0.15, 0.2) is 5.82 Å². The van der Waals surface area contributed by atoms with Gasteiger partial charge in [0.25, 0.3) is 5.89 Å². The lowest BCUT2D eigenvalue weighted by atomic mass is 9.83. The number of rotatable bonds is 6. The van der Waals surface area contributed by atoms with Crippen LogP contribution < -0.4 is 0 Å². The molecule has 0 amide bonds. The molecule has 0 radical (unpaired) electrons. The van der Waals surface area contributed by atoms with Crippen molar-refractivity contribution in [1.29, 1.82) is 0 Å². The molecule has 0 bridgehead atoms. The molecule has 0 aliphatic heterocycles. The van der Waals surface area contributed by atoms with E-state index in [0.29, 0.717) is 22.4 Å². The number of nitrogens with zero attached hydrogens (tertiary/aromatic N) is 4. The third-order valence-electron chi connectivity index (χ3n) is 6.11. The molecule has 0 N–H and O–H groups in total. The summed E-state index contributed by atoms with van der Waals surface area (Å²) in [5.41, 5.74) is 4.46. The van der Waals surface area contributed by atoms with Crippen molar-refractivity contribution < 1.29 is 4.52 Å². The predicted octanol–water partition coefficient (Wildman–Crippen LogP) is 7.60. The highest BCUT2D eigenvalue weighted by molar-refractivity contribution is 7.98. The molecule has 35 heavy (non-hydrogen) atoms. The van der Waals surface area contributed by atoms with E-state index in [9.17, 15) is 0 Å². The van der Waals surface area contributed by atoms with Gasteiger partial charge in [-0.3, -0.25) is 0 Å². The molecule has 0 saturated heterocycles. The predicted molar refractivity (Wildman–Crippen MR) is 142 cm³/mol. The molecule has 5 rings (SSSR count). The van der Waals surface area contributed by atoms with E-state index in [1.807, 2.05) is 30.5 Å². The minimum Gasteiger partial charge on any atom is -0.332 e. The van der Waals surface area contributed by atoms with E-state index in [1.165, 1.54) is 10.5 Å². The molecular formula is C28H25ClN4OS. The Hall–Kier alpha value is -3.35. The molecule has 0 aliphatic rings. The number of aryl methyl sites for hydroxylation is 1. The first-order valence-electron chi connectivity index (χ1n) is 11.3. The van der Waals surface area contributed by atoms with Crippen molar-refractivity contribution in [3.8, 4) is 28.4 Å². The Labute approximate surface area is 214 Å². The summed E-state index contributed by atoms with van der Waals surface area (Å²) in [6.45, 7) is 6.04. The maximum Gasteiger partial charge on any atom is 0.278 e. The molecule has 5 aromatic rings. The van der Waals surface area contributed by atoms with E-state index in [4.69, 9.17) is 21.1 Å². The number of thioether (sulfide) groups is 1. The normalized spacial score (nSPS) is 11.7. The van der Waals surface area contributed by atoms with Gasteiger partial charge < -0.3 is 9.09 Å². The maximum absolute atomic E-state index is 6.62. The van der Waals surface area contributed by atoms with Crippen LogP contribution in [-0.4, -0.2) is 25.9 Å². The quantitative estimate of drug-likeness (QED) is 0.225. The SMILES string of the molecule is CSc1cccc(-c2ccc(-n3cc(-c4nc(C)no4)nc3C(C)(C)c3ccccc3Cl)cc2)c1. The van der Waals surface area contributed by atoms with Crippen molar-refractivity contribution in [2.24, 2.45) is 0 Å². The fraction of sp³-hybridized carbons (Fsp3) is 0.179. The van der Waals surface area contributed by atoms with Crippen LogP contribution in [-0.2, 0) is 5.41 Å². The average Bonchev–Trinajstić information content (AvgIpc) is 3.51. The van der Waals surface area contributed by atoms with Gasteiger partial charge >= 0.3 is 0 Å². The monoisotopic (exact) mass is 500 g/mol. The van der Waals surface area contributed by atoms with Gasteiger partial charge in [-0.25, -0.2) is 4.98 Å². The van der Waals surface area contributed by atoms with Crippen molar-refractivity contribution in [2.75, 3.05) is 6.26 Å². The summed E-state index contributed by atoms with van der Waals surface area (Å²) >= 11 is 8.36. The second-order valence-electron chi connectivity index (χ2n) is 8.85. The van der Waals surface area contributed by atoms with Crippen molar-refractivity contribution in [2.45, 2.75) is 31.1 Å². The average molecular weight is 501 g/mol. The smallest absolute Gasteiger partial charge is 0.278 e. The highest BCUT2D eigenvalue weighted by atomic mass is 35.5. The Morgan fingerprint density at radius 3 is 2.37 bits per heavy atom. The van der Waals surface area contributed by atoms with E-state index in [0.717, 1.165) is 22.6 Å². The van der Waals surface area contributed by atoms with E-state index in [2.05, 4.69) is 83.3 Å². The molecule has 0 aliphatic carbocycles. The van der Waals surface area contributed by atoms with Crippen molar-refractivity contribution in [1.82, 2.24) is 19.7 Å². The molecule has 2 heterocycles. The van der Waals surface area contributed by atoms with Gasteiger partial charge in [-0.05, 0) is 74.0 Å². The topological polar surface area (TPSA) is 56.7 Å². The van der Waals surface area contributed by atoms with Crippen molar-refractivity contribution in [3.05, 3.63) is 101 Å². The minimum atomic E-state index is -0.489. The molecule has 0 saturated carbocycles. The molecule has 0 fully saturated rings. The molecule has 3 aromatic carbocycles. The van der Waals surface area contributed by atoms with Crippen LogP contribution in [0.5, 0.6) is 0 Å². The summed E-state index contributed by atoms with van der Waals surface area (Å²) in [6.07, 6.45) is 4.04. The zero-order chi connectivity index (χ0) is 24.6. The second-order valence-corrected chi connectivity index (χ2v) is 10.1. The number of hydrogen-bond acceptors (Lipinski definition) is 5. The number of benzene rings is 3. The Balaban J connectivity index is 1.62. The van der Waals surface area contributed by atoms with Crippen LogP contribution in [0.3, 0.4) is 0 Å². The summed E-state index contributed by atoms with van der Waals surface area (Å²) < 4.78 is 7.51. The fourth-order valence-electron chi connectivity index (χ4n) is 4.23. The van der Waals surface area contributed by atoms with Crippen LogP contribution in [0.1, 0.15) is 31.1 Å². The summed E-state index contributed by atoms with van der Waals surface area (Å²) in [5.74, 6) is 1.79. The van der Waals surface area contributed by atoms with Crippen LogP contribution >= 0.6 is 23.4 Å². The van der Waals surface area contributed by atoms with Crippen LogP contribution in [0.15, 0.2) is 88.4 Å². The van der Waals surface area contributed by atoms with Crippen LogP contribution in [0.25, 0.3) is 28.4 Å². The van der Waals surface area contributed by atoms with Gasteiger partial charge in [-0.15, -0.1) is 11.8 Å². The number of aromatic nitrogens is 4. The lowest BCUT2D eigenvalue weighted by molar-refractivity contribution is 0.424. The Morgan fingerprint density at radius 2 is 1.69 bits per heavy atom. The summed E-state index contributed by atoms with van der Waals surface area (Å²) in [7, 11) is 0. The Morgan fingerprint density at radius 1 is 0.914 bits per heavy atom. The van der Waals surface area contributed by atoms with Crippen LogP contribution in [0.2, 0.25) is 5.02 Å². The third-order valence-corrected chi connectivity index (χ3v) is 7.16. The molecular weight excluding hydrogens is 476 g/mol. The summed E-state index contributed by atoms with van der Waals surface area (Å²) in [4.78, 5) is 10.6. The van der Waals surface area contributed by atoms with Gasteiger partial charge in [0, 0.05) is 27.2 Å². The Bertz CT molecular complexity index is 1490. The van der Waals surface area contributed by atoms with Crippen LogP contribution in [0, 0.1) is 6.92 Å². The standard InChI is InChI=1S/C28H25ClN4OS/c1-18-30-26(34-32-18)25-17-33(27(31-25)28(2,3)23-10-5-6-11-24(23)29)21-14-12-19(13-15-21)20-8-7-9-22(16-20)35-4/h5-17H,1-4H3. The number of hydrogen-bond donors (Lipinski definition) is 0. The lowest BCUT2D eigenvalue weighted by Gasteiger charge is -2.27. The van der Waals surface area contributed by atoms with Crippen molar-refractivity contribution in [3.63, 3.8) is 0 Å². The largest absolute Gasteiger partial charge is 0.332 e. The fourth-order valence-corrected chi connectivity index (χ4v) is 5.06. The molecule has 2 aromatic heterocycles. The minimum absolute atomic E-state index is 0.392.